The topological polar surface area (TPSA) is 50.4 Å². The molecule has 1 aliphatic rings. The van der Waals surface area contributed by atoms with E-state index in [4.69, 9.17) is 5.73 Å². The molecule has 1 aliphatic carbocycles. The fraction of sp³-hybridized carbons (Fsp3) is 0.357. The van der Waals surface area contributed by atoms with Crippen molar-refractivity contribution in [2.45, 2.75) is 24.8 Å². The van der Waals surface area contributed by atoms with E-state index in [9.17, 15) is 0 Å². The van der Waals surface area contributed by atoms with Gasteiger partial charge in [-0.3, -0.25) is 0 Å². The number of benzene rings is 1. The number of hydrogen-bond acceptors (Lipinski definition) is 1. The number of hydrogen-bond donors (Lipinski definition) is 2. The van der Waals surface area contributed by atoms with Crippen molar-refractivity contribution in [1.29, 1.82) is 0 Å². The summed E-state index contributed by atoms with van der Waals surface area (Å²) in [5, 5.41) is 3.23. The highest BCUT2D eigenvalue weighted by Gasteiger charge is 2.30. The number of rotatable bonds is 4. The molecule has 0 aromatic heterocycles. The zero-order chi connectivity index (χ0) is 12.1. The van der Waals surface area contributed by atoms with Crippen LogP contribution in [-0.2, 0) is 0 Å². The van der Waals surface area contributed by atoms with Crippen molar-refractivity contribution < 1.29 is 0 Å². The van der Waals surface area contributed by atoms with E-state index in [2.05, 4.69) is 47.2 Å². The first-order chi connectivity index (χ1) is 8.29. The molecule has 90 valence electrons. The maximum atomic E-state index is 5.75. The minimum absolute atomic E-state index is 0.466. The minimum atomic E-state index is 0.466. The highest BCUT2D eigenvalue weighted by Crippen LogP contribution is 2.36. The van der Waals surface area contributed by atoms with E-state index in [1.54, 1.807) is 6.08 Å². The summed E-state index contributed by atoms with van der Waals surface area (Å²) in [6.45, 7) is 4.18. The molecule has 0 spiro atoms. The Morgan fingerprint density at radius 1 is 1.41 bits per heavy atom. The molecule has 1 fully saturated rings. The zero-order valence-corrected chi connectivity index (χ0v) is 9.97. The van der Waals surface area contributed by atoms with E-state index in [0.29, 0.717) is 24.5 Å². The number of aliphatic imine (C=N–C) groups is 1. The summed E-state index contributed by atoms with van der Waals surface area (Å²) in [6.07, 6.45) is 4.00. The molecule has 17 heavy (non-hydrogen) atoms. The first-order valence-corrected chi connectivity index (χ1v) is 6.02. The summed E-state index contributed by atoms with van der Waals surface area (Å²) >= 11 is 0. The van der Waals surface area contributed by atoms with Crippen LogP contribution in [0.4, 0.5) is 0 Å². The standard InChI is InChI=1S/C14H19N3/c1-2-8-16-14(15)17-13-9-12(10-13)11-6-4-3-5-7-11/h2-7,12-13H,1,8-10H2,(H3,15,16,17). The van der Waals surface area contributed by atoms with Crippen molar-refractivity contribution in [3.63, 3.8) is 0 Å². The predicted octanol–water partition coefficient (Wildman–Crippen LogP) is 2.02. The van der Waals surface area contributed by atoms with Gasteiger partial charge in [0.25, 0.3) is 0 Å². The second-order valence-corrected chi connectivity index (χ2v) is 4.43. The SMILES string of the molecule is C=CCN=C(N)NC1CC(c2ccccc2)C1. The first-order valence-electron chi connectivity index (χ1n) is 6.02. The Bertz CT molecular complexity index is 391. The van der Waals surface area contributed by atoms with Crippen molar-refractivity contribution >= 4 is 5.96 Å². The molecule has 0 amide bonds. The van der Waals surface area contributed by atoms with Crippen molar-refractivity contribution in [2.75, 3.05) is 6.54 Å². The van der Waals surface area contributed by atoms with Crippen molar-refractivity contribution in [3.05, 3.63) is 48.6 Å². The van der Waals surface area contributed by atoms with Gasteiger partial charge < -0.3 is 11.1 Å². The largest absolute Gasteiger partial charge is 0.370 e. The average molecular weight is 229 g/mol. The Labute approximate surface area is 102 Å². The van der Waals surface area contributed by atoms with Crippen LogP contribution in [0.25, 0.3) is 0 Å². The van der Waals surface area contributed by atoms with E-state index in [-0.39, 0.29) is 0 Å². The third kappa shape index (κ3) is 3.09. The Hall–Kier alpha value is -1.77. The molecule has 0 unspecified atom stereocenters. The van der Waals surface area contributed by atoms with Gasteiger partial charge in [-0.25, -0.2) is 4.99 Å². The lowest BCUT2D eigenvalue weighted by molar-refractivity contribution is 0.323. The Kier molecular flexibility index (Phi) is 3.81. The summed E-state index contributed by atoms with van der Waals surface area (Å²) < 4.78 is 0. The van der Waals surface area contributed by atoms with E-state index in [1.165, 1.54) is 5.56 Å². The van der Waals surface area contributed by atoms with Gasteiger partial charge in [0.1, 0.15) is 0 Å². The molecule has 0 aliphatic heterocycles. The molecule has 1 saturated carbocycles. The number of nitrogens with one attached hydrogen (secondary N) is 1. The summed E-state index contributed by atoms with van der Waals surface area (Å²) in [5.74, 6) is 1.20. The number of nitrogens with zero attached hydrogens (tertiary/aromatic N) is 1. The summed E-state index contributed by atoms with van der Waals surface area (Å²) in [6, 6.07) is 11.1. The second-order valence-electron chi connectivity index (χ2n) is 4.43. The van der Waals surface area contributed by atoms with Crippen LogP contribution in [0.2, 0.25) is 0 Å². The smallest absolute Gasteiger partial charge is 0.189 e. The van der Waals surface area contributed by atoms with Crippen molar-refractivity contribution in [3.8, 4) is 0 Å². The molecule has 0 atom stereocenters. The molecule has 0 bridgehead atoms. The number of guanidine groups is 1. The van der Waals surface area contributed by atoms with Gasteiger partial charge in [0, 0.05) is 6.04 Å². The van der Waals surface area contributed by atoms with Crippen LogP contribution in [0, 0.1) is 0 Å². The first kappa shape index (κ1) is 11.7. The van der Waals surface area contributed by atoms with Gasteiger partial charge in [-0.15, -0.1) is 6.58 Å². The maximum Gasteiger partial charge on any atom is 0.189 e. The monoisotopic (exact) mass is 229 g/mol. The molecular weight excluding hydrogens is 210 g/mol. The molecule has 1 aromatic carbocycles. The highest BCUT2D eigenvalue weighted by atomic mass is 15.1. The highest BCUT2D eigenvalue weighted by molar-refractivity contribution is 5.78. The van der Waals surface area contributed by atoms with E-state index in [0.717, 1.165) is 12.8 Å². The lowest BCUT2D eigenvalue weighted by Crippen LogP contribution is -2.46. The molecule has 1 aromatic rings. The van der Waals surface area contributed by atoms with Crippen molar-refractivity contribution in [1.82, 2.24) is 5.32 Å². The van der Waals surface area contributed by atoms with Gasteiger partial charge in [0.15, 0.2) is 5.96 Å². The van der Waals surface area contributed by atoms with E-state index < -0.39 is 0 Å². The maximum absolute atomic E-state index is 5.75. The second kappa shape index (κ2) is 5.53. The lowest BCUT2D eigenvalue weighted by atomic mass is 9.76. The molecule has 2 rings (SSSR count). The van der Waals surface area contributed by atoms with Crippen molar-refractivity contribution in [2.24, 2.45) is 10.7 Å². The van der Waals surface area contributed by atoms with Crippen LogP contribution in [0.1, 0.15) is 24.3 Å². The van der Waals surface area contributed by atoms with Gasteiger partial charge in [-0.2, -0.15) is 0 Å². The van der Waals surface area contributed by atoms with Crippen LogP contribution in [-0.4, -0.2) is 18.5 Å². The van der Waals surface area contributed by atoms with E-state index in [1.807, 2.05) is 0 Å². The lowest BCUT2D eigenvalue weighted by Gasteiger charge is -2.36. The Morgan fingerprint density at radius 2 is 2.12 bits per heavy atom. The fourth-order valence-corrected chi connectivity index (χ4v) is 2.15. The third-order valence-corrected chi connectivity index (χ3v) is 3.15. The molecular formula is C14H19N3. The van der Waals surface area contributed by atoms with Gasteiger partial charge >= 0.3 is 0 Å². The zero-order valence-electron chi connectivity index (χ0n) is 9.97. The third-order valence-electron chi connectivity index (χ3n) is 3.15. The van der Waals surface area contributed by atoms with Gasteiger partial charge in [0.2, 0.25) is 0 Å². The summed E-state index contributed by atoms with van der Waals surface area (Å²) in [4.78, 5) is 4.13. The average Bonchev–Trinajstić information content (AvgIpc) is 2.31. The van der Waals surface area contributed by atoms with Gasteiger partial charge in [-0.05, 0) is 24.3 Å². The van der Waals surface area contributed by atoms with Crippen LogP contribution in [0.15, 0.2) is 48.0 Å². The summed E-state index contributed by atoms with van der Waals surface area (Å²) in [5.41, 5.74) is 7.17. The fourth-order valence-electron chi connectivity index (χ4n) is 2.15. The minimum Gasteiger partial charge on any atom is -0.370 e. The van der Waals surface area contributed by atoms with Crippen LogP contribution < -0.4 is 11.1 Å². The molecule has 0 radical (unpaired) electrons. The molecule has 0 heterocycles. The quantitative estimate of drug-likeness (QED) is 0.471. The predicted molar refractivity (Wildman–Crippen MR) is 72.0 cm³/mol. The van der Waals surface area contributed by atoms with Gasteiger partial charge in [0.05, 0.1) is 6.54 Å². The van der Waals surface area contributed by atoms with Crippen LogP contribution in [0.5, 0.6) is 0 Å². The Balaban J connectivity index is 1.78. The molecule has 0 saturated heterocycles. The van der Waals surface area contributed by atoms with E-state index >= 15 is 0 Å². The normalized spacial score (nSPS) is 23.9. The molecule has 3 N–H and O–H groups in total. The molecule has 3 heteroatoms. The molecule has 3 nitrogen and oxygen atoms in total. The summed E-state index contributed by atoms with van der Waals surface area (Å²) in [7, 11) is 0. The van der Waals surface area contributed by atoms with Crippen LogP contribution in [0.3, 0.4) is 0 Å². The Morgan fingerprint density at radius 3 is 2.76 bits per heavy atom. The number of nitrogens with two attached hydrogens (primary N) is 1. The van der Waals surface area contributed by atoms with Gasteiger partial charge in [-0.1, -0.05) is 36.4 Å². The van der Waals surface area contributed by atoms with Crippen LogP contribution >= 0.6 is 0 Å².